The van der Waals surface area contributed by atoms with E-state index < -0.39 is 0 Å². The van der Waals surface area contributed by atoms with E-state index in [4.69, 9.17) is 5.84 Å². The number of thiazole rings is 1. The van der Waals surface area contributed by atoms with E-state index in [0.717, 1.165) is 0 Å². The van der Waals surface area contributed by atoms with Gasteiger partial charge in [0.1, 0.15) is 5.69 Å². The first-order valence-corrected chi connectivity index (χ1v) is 3.18. The smallest absolute Gasteiger partial charge is 0.284 e. The second-order valence-electron chi connectivity index (χ2n) is 1.35. The van der Waals surface area contributed by atoms with Gasteiger partial charge in [0.25, 0.3) is 5.91 Å². The van der Waals surface area contributed by atoms with Crippen molar-refractivity contribution in [2.45, 2.75) is 0 Å². The highest BCUT2D eigenvalue weighted by Crippen LogP contribution is 1.98. The molecule has 0 bridgehead atoms. The summed E-state index contributed by atoms with van der Waals surface area (Å²) in [6, 6.07) is 0. The average Bonchev–Trinajstić information content (AvgIpc) is 2.37. The van der Waals surface area contributed by atoms with E-state index in [9.17, 15) is 4.79 Å². The zero-order chi connectivity index (χ0) is 6.69. The summed E-state index contributed by atoms with van der Waals surface area (Å²) in [5.74, 6) is 4.48. The Labute approximate surface area is 67.8 Å². The molecule has 0 saturated carbocycles. The third-order valence-corrected chi connectivity index (χ3v) is 1.38. The van der Waals surface area contributed by atoms with Crippen LogP contribution in [0.4, 0.5) is 0 Å². The molecule has 3 N–H and O–H groups in total. The number of nitrogens with one attached hydrogen (secondary N) is 1. The molecule has 0 aromatic carbocycles. The van der Waals surface area contributed by atoms with Crippen molar-refractivity contribution >= 4 is 29.7 Å². The highest BCUT2D eigenvalue weighted by Gasteiger charge is 2.02. The standard InChI is InChI=1S/C4H5N3OS.ClH/c5-7-4(8)3-1-9-2-6-3;/h1-2H,5H2,(H,7,8);1H. The minimum atomic E-state index is -0.351. The van der Waals surface area contributed by atoms with Crippen molar-refractivity contribution in [3.8, 4) is 0 Å². The van der Waals surface area contributed by atoms with Gasteiger partial charge in [-0.25, -0.2) is 10.8 Å². The Morgan fingerprint density at radius 3 is 2.90 bits per heavy atom. The maximum atomic E-state index is 10.6. The predicted molar refractivity (Wildman–Crippen MR) is 41.0 cm³/mol. The summed E-state index contributed by atoms with van der Waals surface area (Å²) in [4.78, 5) is 14.3. The molecule has 0 aliphatic rings. The number of hydrogen-bond acceptors (Lipinski definition) is 4. The van der Waals surface area contributed by atoms with Crippen molar-refractivity contribution in [2.24, 2.45) is 5.84 Å². The second-order valence-corrected chi connectivity index (χ2v) is 2.07. The molecule has 1 aromatic heterocycles. The van der Waals surface area contributed by atoms with Gasteiger partial charge in [0.05, 0.1) is 5.51 Å². The zero-order valence-corrected chi connectivity index (χ0v) is 6.54. The molecule has 0 atom stereocenters. The Kier molecular flexibility index (Phi) is 3.94. The van der Waals surface area contributed by atoms with Crippen LogP contribution in [-0.4, -0.2) is 10.9 Å². The molecule has 4 nitrogen and oxygen atoms in total. The number of nitrogen functional groups attached to an aromatic ring is 1. The maximum absolute atomic E-state index is 10.6. The number of carbonyl (C=O) groups excluding carboxylic acids is 1. The van der Waals surface area contributed by atoms with Crippen LogP contribution in [0.3, 0.4) is 0 Å². The summed E-state index contributed by atoms with van der Waals surface area (Å²) in [5.41, 5.74) is 3.91. The van der Waals surface area contributed by atoms with Crippen molar-refractivity contribution in [1.82, 2.24) is 10.4 Å². The molecule has 1 heterocycles. The van der Waals surface area contributed by atoms with Crippen LogP contribution in [0, 0.1) is 0 Å². The van der Waals surface area contributed by atoms with E-state index in [0.29, 0.717) is 5.69 Å². The van der Waals surface area contributed by atoms with Crippen LogP contribution in [-0.2, 0) is 0 Å². The first-order valence-electron chi connectivity index (χ1n) is 2.23. The predicted octanol–water partition coefficient (Wildman–Crippen LogP) is 0.168. The number of hydrazine groups is 1. The van der Waals surface area contributed by atoms with E-state index in [1.807, 2.05) is 5.43 Å². The summed E-state index contributed by atoms with van der Waals surface area (Å²) in [6.45, 7) is 0. The molecule has 0 spiro atoms. The third-order valence-electron chi connectivity index (χ3n) is 0.796. The molecule has 1 rings (SSSR count). The van der Waals surface area contributed by atoms with Crippen molar-refractivity contribution in [3.05, 3.63) is 16.6 Å². The molecular weight excluding hydrogens is 174 g/mol. The number of halogens is 1. The summed E-state index contributed by atoms with van der Waals surface area (Å²) >= 11 is 1.36. The van der Waals surface area contributed by atoms with Gasteiger partial charge in [-0.1, -0.05) is 0 Å². The third kappa shape index (κ3) is 1.94. The molecule has 0 saturated heterocycles. The number of nitrogens with zero attached hydrogens (tertiary/aromatic N) is 1. The number of carbonyl (C=O) groups is 1. The molecule has 1 amide bonds. The molecule has 10 heavy (non-hydrogen) atoms. The lowest BCUT2D eigenvalue weighted by molar-refractivity contribution is 0.0949. The van der Waals surface area contributed by atoms with Gasteiger partial charge in [-0.05, 0) is 0 Å². The molecule has 0 unspecified atom stereocenters. The van der Waals surface area contributed by atoms with Gasteiger partial charge in [-0.3, -0.25) is 10.2 Å². The molecule has 0 aliphatic heterocycles. The Morgan fingerprint density at radius 2 is 2.50 bits per heavy atom. The molecule has 0 aliphatic carbocycles. The fourth-order valence-electron chi connectivity index (χ4n) is 0.399. The lowest BCUT2D eigenvalue weighted by Crippen LogP contribution is -2.30. The summed E-state index contributed by atoms with van der Waals surface area (Å²) in [5, 5.41) is 1.63. The van der Waals surface area contributed by atoms with Crippen LogP contribution >= 0.6 is 23.7 Å². The number of amides is 1. The van der Waals surface area contributed by atoms with Crippen molar-refractivity contribution < 1.29 is 4.79 Å². The Hall–Kier alpha value is -0.650. The second kappa shape index (κ2) is 4.21. The van der Waals surface area contributed by atoms with Gasteiger partial charge in [-0.15, -0.1) is 23.7 Å². The minimum Gasteiger partial charge on any atom is -0.289 e. The lowest BCUT2D eigenvalue weighted by Gasteiger charge is -1.89. The summed E-state index contributed by atoms with van der Waals surface area (Å²) in [7, 11) is 0. The minimum absolute atomic E-state index is 0. The highest BCUT2D eigenvalue weighted by molar-refractivity contribution is 7.07. The van der Waals surface area contributed by atoms with Crippen molar-refractivity contribution in [1.29, 1.82) is 0 Å². The monoisotopic (exact) mass is 179 g/mol. The zero-order valence-electron chi connectivity index (χ0n) is 4.90. The largest absolute Gasteiger partial charge is 0.289 e. The quantitative estimate of drug-likeness (QED) is 0.367. The van der Waals surface area contributed by atoms with Crippen LogP contribution in [0.25, 0.3) is 0 Å². The highest BCUT2D eigenvalue weighted by atomic mass is 35.5. The number of nitrogens with two attached hydrogens (primary N) is 1. The Morgan fingerprint density at radius 1 is 1.80 bits per heavy atom. The fourth-order valence-corrected chi connectivity index (χ4v) is 0.931. The van der Waals surface area contributed by atoms with Crippen molar-refractivity contribution in [3.63, 3.8) is 0 Å². The van der Waals surface area contributed by atoms with Crippen molar-refractivity contribution in [2.75, 3.05) is 0 Å². The lowest BCUT2D eigenvalue weighted by atomic mass is 10.5. The molecule has 0 radical (unpaired) electrons. The van der Waals surface area contributed by atoms with Gasteiger partial charge < -0.3 is 0 Å². The number of aromatic nitrogens is 1. The fraction of sp³-hybridized carbons (Fsp3) is 0. The van der Waals surface area contributed by atoms with Gasteiger partial charge in [0.2, 0.25) is 0 Å². The number of rotatable bonds is 1. The first-order chi connectivity index (χ1) is 4.34. The van der Waals surface area contributed by atoms with E-state index >= 15 is 0 Å². The molecule has 6 heteroatoms. The number of hydrogen-bond donors (Lipinski definition) is 2. The average molecular weight is 180 g/mol. The Balaban J connectivity index is 0.000000810. The van der Waals surface area contributed by atoms with Crippen LogP contribution < -0.4 is 11.3 Å². The molecule has 56 valence electrons. The first kappa shape index (κ1) is 9.35. The normalized spacial score (nSPS) is 8.10. The summed E-state index contributed by atoms with van der Waals surface area (Å²) < 4.78 is 0. The maximum Gasteiger partial charge on any atom is 0.284 e. The van der Waals surface area contributed by atoms with E-state index in [1.54, 1.807) is 10.9 Å². The Bertz CT molecular complexity index is 200. The van der Waals surface area contributed by atoms with Crippen LogP contribution in [0.2, 0.25) is 0 Å². The molecular formula is C4H6ClN3OS. The van der Waals surface area contributed by atoms with E-state index in [-0.39, 0.29) is 18.3 Å². The van der Waals surface area contributed by atoms with Gasteiger partial charge in [0, 0.05) is 5.38 Å². The SMILES string of the molecule is Cl.NNC(=O)c1cscn1. The van der Waals surface area contributed by atoms with Gasteiger partial charge in [-0.2, -0.15) is 0 Å². The van der Waals surface area contributed by atoms with Crippen LogP contribution in [0.15, 0.2) is 10.9 Å². The molecule has 0 fully saturated rings. The summed E-state index contributed by atoms with van der Waals surface area (Å²) in [6.07, 6.45) is 0. The van der Waals surface area contributed by atoms with E-state index in [1.165, 1.54) is 11.3 Å². The van der Waals surface area contributed by atoms with Crippen LogP contribution in [0.1, 0.15) is 10.5 Å². The van der Waals surface area contributed by atoms with Crippen LogP contribution in [0.5, 0.6) is 0 Å². The van der Waals surface area contributed by atoms with Gasteiger partial charge in [0.15, 0.2) is 0 Å². The topological polar surface area (TPSA) is 68.0 Å². The molecule has 1 aromatic rings. The van der Waals surface area contributed by atoms with Gasteiger partial charge >= 0.3 is 0 Å². The van der Waals surface area contributed by atoms with E-state index in [2.05, 4.69) is 4.98 Å².